The molecule has 0 unspecified atom stereocenters. The van der Waals surface area contributed by atoms with E-state index >= 15 is 0 Å². The standard InChI is InChI=1S/C24H22ClN5O4S2/c1-14-27-20-12-17(26-13-15-2-3-15)6-9-19(20)23(31)30(14)18-7-4-16(5-8-18)28-24(32)29-36(33,34)22-11-10-21(25)35-22/h4-12,15,26H,2-3,13H2,1H3,(H2,28,29,32). The van der Waals surface area contributed by atoms with Crippen molar-refractivity contribution in [2.24, 2.45) is 5.92 Å². The smallest absolute Gasteiger partial charge is 0.333 e. The Kier molecular flexibility index (Phi) is 6.45. The van der Waals surface area contributed by atoms with E-state index in [4.69, 9.17) is 11.6 Å². The predicted octanol–water partition coefficient (Wildman–Crippen LogP) is 4.74. The Balaban J connectivity index is 1.32. The van der Waals surface area contributed by atoms with Crippen molar-refractivity contribution >= 4 is 61.3 Å². The second-order valence-electron chi connectivity index (χ2n) is 8.52. The van der Waals surface area contributed by atoms with Gasteiger partial charge in [-0.1, -0.05) is 11.6 Å². The van der Waals surface area contributed by atoms with Crippen molar-refractivity contribution in [3.05, 3.63) is 75.1 Å². The van der Waals surface area contributed by atoms with Crippen LogP contribution in [0.4, 0.5) is 16.2 Å². The lowest BCUT2D eigenvalue weighted by Gasteiger charge is -2.13. The van der Waals surface area contributed by atoms with Gasteiger partial charge in [0.1, 0.15) is 10.0 Å². The molecule has 1 aliphatic rings. The second-order valence-corrected chi connectivity index (χ2v) is 12.1. The van der Waals surface area contributed by atoms with Crippen LogP contribution in [0.2, 0.25) is 4.34 Å². The molecule has 0 spiro atoms. The van der Waals surface area contributed by atoms with E-state index in [1.807, 2.05) is 16.9 Å². The zero-order chi connectivity index (χ0) is 25.4. The number of sulfonamides is 1. The molecule has 1 fully saturated rings. The van der Waals surface area contributed by atoms with E-state index in [0.29, 0.717) is 32.4 Å². The summed E-state index contributed by atoms with van der Waals surface area (Å²) in [6, 6.07) is 13.8. The monoisotopic (exact) mass is 543 g/mol. The number of carbonyl (C=O) groups is 1. The average Bonchev–Trinajstić information content (AvgIpc) is 3.55. The molecule has 2 aromatic carbocycles. The fourth-order valence-electron chi connectivity index (χ4n) is 3.76. The number of halogens is 1. The summed E-state index contributed by atoms with van der Waals surface area (Å²) in [5.74, 6) is 1.25. The van der Waals surface area contributed by atoms with Crippen LogP contribution in [-0.4, -0.2) is 30.5 Å². The van der Waals surface area contributed by atoms with Crippen LogP contribution in [0.1, 0.15) is 18.7 Å². The highest BCUT2D eigenvalue weighted by molar-refractivity contribution is 7.92. The molecule has 0 radical (unpaired) electrons. The number of fused-ring (bicyclic) bond motifs is 1. The van der Waals surface area contributed by atoms with Crippen LogP contribution in [0.3, 0.4) is 0 Å². The summed E-state index contributed by atoms with van der Waals surface area (Å²) in [5, 5.41) is 6.37. The Hall–Kier alpha value is -3.41. The van der Waals surface area contributed by atoms with E-state index in [9.17, 15) is 18.0 Å². The maximum Gasteiger partial charge on any atom is 0.333 e. The lowest BCUT2D eigenvalue weighted by Crippen LogP contribution is -2.33. The van der Waals surface area contributed by atoms with Gasteiger partial charge in [-0.05, 0) is 80.3 Å². The van der Waals surface area contributed by atoms with Crippen molar-refractivity contribution < 1.29 is 13.2 Å². The average molecular weight is 544 g/mol. The zero-order valence-electron chi connectivity index (χ0n) is 19.1. The molecule has 5 rings (SSSR count). The lowest BCUT2D eigenvalue weighted by molar-refractivity contribution is 0.256. The molecule has 1 saturated carbocycles. The van der Waals surface area contributed by atoms with E-state index in [1.54, 1.807) is 37.3 Å². The molecule has 4 aromatic rings. The van der Waals surface area contributed by atoms with Crippen LogP contribution < -0.4 is 20.9 Å². The SMILES string of the molecule is Cc1nc2cc(NCC3CC3)ccc2c(=O)n1-c1ccc(NC(=O)NS(=O)(=O)c2ccc(Cl)s2)cc1. The lowest BCUT2D eigenvalue weighted by atomic mass is 10.2. The summed E-state index contributed by atoms with van der Waals surface area (Å²) in [7, 11) is -4.04. The third-order valence-electron chi connectivity index (χ3n) is 5.75. The molecule has 36 heavy (non-hydrogen) atoms. The number of hydrogen-bond acceptors (Lipinski definition) is 7. The van der Waals surface area contributed by atoms with Gasteiger partial charge in [0.05, 0.1) is 20.9 Å². The third kappa shape index (κ3) is 5.23. The van der Waals surface area contributed by atoms with Crippen LogP contribution in [0, 0.1) is 12.8 Å². The van der Waals surface area contributed by atoms with Gasteiger partial charge in [0, 0.05) is 17.9 Å². The summed E-state index contributed by atoms with van der Waals surface area (Å²) in [5.41, 5.74) is 2.27. The number of nitrogens with one attached hydrogen (secondary N) is 3. The third-order valence-corrected chi connectivity index (χ3v) is 8.81. The van der Waals surface area contributed by atoms with Crippen molar-refractivity contribution in [2.45, 2.75) is 24.0 Å². The van der Waals surface area contributed by atoms with E-state index in [2.05, 4.69) is 15.6 Å². The molecule has 0 aliphatic heterocycles. The highest BCUT2D eigenvalue weighted by Gasteiger charge is 2.21. The van der Waals surface area contributed by atoms with Crippen LogP contribution in [0.5, 0.6) is 0 Å². The molecule has 3 N–H and O–H groups in total. The second kappa shape index (κ2) is 9.57. The minimum atomic E-state index is -4.04. The topological polar surface area (TPSA) is 122 Å². The first-order valence-electron chi connectivity index (χ1n) is 11.2. The van der Waals surface area contributed by atoms with Gasteiger partial charge in [0.15, 0.2) is 0 Å². The van der Waals surface area contributed by atoms with Crippen LogP contribution in [0.25, 0.3) is 16.6 Å². The van der Waals surface area contributed by atoms with E-state index < -0.39 is 16.1 Å². The van der Waals surface area contributed by atoms with Crippen molar-refractivity contribution in [2.75, 3.05) is 17.2 Å². The minimum Gasteiger partial charge on any atom is -0.385 e. The summed E-state index contributed by atoms with van der Waals surface area (Å²) in [6.07, 6.45) is 2.51. The number of rotatable bonds is 7. The largest absolute Gasteiger partial charge is 0.385 e. The number of anilines is 2. The molecule has 9 nitrogen and oxygen atoms in total. The molecule has 1 aliphatic carbocycles. The van der Waals surface area contributed by atoms with Gasteiger partial charge in [-0.25, -0.2) is 22.9 Å². The van der Waals surface area contributed by atoms with Gasteiger partial charge in [-0.3, -0.25) is 9.36 Å². The fourth-order valence-corrected chi connectivity index (χ4v) is 6.15. The van der Waals surface area contributed by atoms with Gasteiger partial charge in [0.2, 0.25) is 0 Å². The van der Waals surface area contributed by atoms with E-state index in [0.717, 1.165) is 29.5 Å². The molecular weight excluding hydrogens is 522 g/mol. The number of thiophene rings is 1. The molecule has 2 heterocycles. The number of hydrogen-bond donors (Lipinski definition) is 3. The number of benzene rings is 2. The van der Waals surface area contributed by atoms with Crippen LogP contribution in [-0.2, 0) is 10.0 Å². The van der Waals surface area contributed by atoms with Gasteiger partial charge >= 0.3 is 6.03 Å². The molecule has 12 heteroatoms. The molecule has 186 valence electrons. The van der Waals surface area contributed by atoms with Gasteiger partial charge in [0.25, 0.3) is 15.6 Å². The predicted molar refractivity (Wildman–Crippen MR) is 142 cm³/mol. The summed E-state index contributed by atoms with van der Waals surface area (Å²) in [4.78, 5) is 30.1. The first-order chi connectivity index (χ1) is 17.2. The maximum absolute atomic E-state index is 13.2. The normalized spacial score (nSPS) is 13.5. The van der Waals surface area contributed by atoms with Gasteiger partial charge in [-0.2, -0.15) is 0 Å². The Bertz CT molecular complexity index is 1630. The highest BCUT2D eigenvalue weighted by Crippen LogP contribution is 2.29. The molecular formula is C24H22ClN5O4S2. The number of carbonyl (C=O) groups excluding carboxylic acids is 1. The summed E-state index contributed by atoms with van der Waals surface area (Å²) < 4.78 is 28.2. The molecule has 0 atom stereocenters. The number of amides is 2. The van der Waals surface area contributed by atoms with E-state index in [-0.39, 0.29) is 9.77 Å². The maximum atomic E-state index is 13.2. The number of aromatic nitrogens is 2. The number of urea groups is 1. The first kappa shape index (κ1) is 24.3. The summed E-state index contributed by atoms with van der Waals surface area (Å²) >= 11 is 6.62. The van der Waals surface area contributed by atoms with Crippen molar-refractivity contribution in [1.82, 2.24) is 14.3 Å². The van der Waals surface area contributed by atoms with Crippen LogP contribution >= 0.6 is 22.9 Å². The fraction of sp³-hybridized carbons (Fsp3) is 0.208. The Morgan fingerprint density at radius 3 is 2.50 bits per heavy atom. The minimum absolute atomic E-state index is 0.0672. The Morgan fingerprint density at radius 2 is 1.83 bits per heavy atom. The Morgan fingerprint density at radius 1 is 1.11 bits per heavy atom. The molecule has 0 saturated heterocycles. The zero-order valence-corrected chi connectivity index (χ0v) is 21.5. The van der Waals surface area contributed by atoms with Gasteiger partial charge < -0.3 is 10.6 Å². The molecule has 2 aromatic heterocycles. The number of nitrogens with zero attached hydrogens (tertiary/aromatic N) is 2. The van der Waals surface area contributed by atoms with E-state index in [1.165, 1.54) is 29.5 Å². The molecule has 0 bridgehead atoms. The van der Waals surface area contributed by atoms with Crippen molar-refractivity contribution in [1.29, 1.82) is 0 Å². The summed E-state index contributed by atoms with van der Waals surface area (Å²) in [6.45, 7) is 2.68. The van der Waals surface area contributed by atoms with Crippen molar-refractivity contribution in [3.8, 4) is 5.69 Å². The number of aryl methyl sites for hydroxylation is 1. The Labute approximate surface area is 216 Å². The molecule has 2 amide bonds. The van der Waals surface area contributed by atoms with Gasteiger partial charge in [-0.15, -0.1) is 11.3 Å². The quantitative estimate of drug-likeness (QED) is 0.309. The van der Waals surface area contributed by atoms with Crippen LogP contribution in [0.15, 0.2) is 63.6 Å². The first-order valence-corrected chi connectivity index (χ1v) is 13.8. The van der Waals surface area contributed by atoms with Crippen molar-refractivity contribution in [3.63, 3.8) is 0 Å². The highest BCUT2D eigenvalue weighted by atomic mass is 35.5.